The zero-order valence-electron chi connectivity index (χ0n) is 9.20. The smallest absolute Gasteiger partial charge is 0.239 e. The summed E-state index contributed by atoms with van der Waals surface area (Å²) in [7, 11) is 0. The molecule has 1 aliphatic rings. The number of nitrogen functional groups attached to an aromatic ring is 1. The lowest BCUT2D eigenvalue weighted by molar-refractivity contribution is 0.532. The van der Waals surface area contributed by atoms with Gasteiger partial charge >= 0.3 is 0 Å². The third-order valence-electron chi connectivity index (χ3n) is 2.89. The Labute approximate surface area is 93.6 Å². The Morgan fingerprint density at radius 1 is 1.62 bits per heavy atom. The Kier molecular flexibility index (Phi) is 3.19. The van der Waals surface area contributed by atoms with Crippen LogP contribution in [0.1, 0.15) is 19.8 Å². The number of aromatic nitrogens is 2. The number of halogens is 1. The van der Waals surface area contributed by atoms with Crippen molar-refractivity contribution >= 4 is 11.8 Å². The van der Waals surface area contributed by atoms with Crippen molar-refractivity contribution in [1.82, 2.24) is 9.97 Å². The SMILES string of the molecule is CC(CNc1nc(NN)ncc1F)C1CC1. The summed E-state index contributed by atoms with van der Waals surface area (Å²) >= 11 is 0. The molecule has 2 rings (SSSR count). The van der Waals surface area contributed by atoms with Crippen LogP contribution in [-0.4, -0.2) is 16.5 Å². The van der Waals surface area contributed by atoms with Crippen LogP contribution in [0.5, 0.6) is 0 Å². The van der Waals surface area contributed by atoms with E-state index in [0.29, 0.717) is 5.92 Å². The molecule has 1 fully saturated rings. The van der Waals surface area contributed by atoms with Gasteiger partial charge in [0.25, 0.3) is 0 Å². The van der Waals surface area contributed by atoms with Crippen LogP contribution in [0.4, 0.5) is 16.2 Å². The van der Waals surface area contributed by atoms with Crippen LogP contribution in [-0.2, 0) is 0 Å². The molecule has 0 spiro atoms. The quantitative estimate of drug-likeness (QED) is 0.521. The largest absolute Gasteiger partial charge is 0.367 e. The molecule has 88 valence electrons. The van der Waals surface area contributed by atoms with Crippen LogP contribution >= 0.6 is 0 Å². The summed E-state index contributed by atoms with van der Waals surface area (Å²) in [5.74, 6) is 6.44. The topological polar surface area (TPSA) is 75.9 Å². The highest BCUT2D eigenvalue weighted by Gasteiger charge is 2.27. The number of anilines is 2. The van der Waals surface area contributed by atoms with Crippen molar-refractivity contribution in [3.05, 3.63) is 12.0 Å². The first kappa shape index (κ1) is 11.1. The normalized spacial score (nSPS) is 16.9. The average molecular weight is 225 g/mol. The third kappa shape index (κ3) is 2.57. The number of hydrazine groups is 1. The summed E-state index contributed by atoms with van der Waals surface area (Å²) in [4.78, 5) is 7.58. The van der Waals surface area contributed by atoms with Gasteiger partial charge in [-0.25, -0.2) is 15.2 Å². The molecule has 1 aromatic rings. The molecule has 1 unspecified atom stereocenters. The van der Waals surface area contributed by atoms with Gasteiger partial charge in [0.15, 0.2) is 11.6 Å². The first-order valence-corrected chi connectivity index (χ1v) is 5.43. The minimum Gasteiger partial charge on any atom is -0.367 e. The Morgan fingerprint density at radius 3 is 3.00 bits per heavy atom. The molecule has 1 saturated carbocycles. The molecule has 1 atom stereocenters. The Morgan fingerprint density at radius 2 is 2.38 bits per heavy atom. The molecule has 1 aliphatic carbocycles. The van der Waals surface area contributed by atoms with Gasteiger partial charge in [0.1, 0.15) is 0 Å². The van der Waals surface area contributed by atoms with Gasteiger partial charge in [-0.15, -0.1) is 0 Å². The molecule has 6 heteroatoms. The van der Waals surface area contributed by atoms with Gasteiger partial charge in [0.05, 0.1) is 6.20 Å². The van der Waals surface area contributed by atoms with Crippen molar-refractivity contribution in [3.8, 4) is 0 Å². The molecule has 16 heavy (non-hydrogen) atoms. The number of rotatable bonds is 5. The minimum atomic E-state index is -0.456. The summed E-state index contributed by atoms with van der Waals surface area (Å²) in [5.41, 5.74) is 2.29. The van der Waals surface area contributed by atoms with E-state index >= 15 is 0 Å². The maximum Gasteiger partial charge on any atom is 0.239 e. The maximum absolute atomic E-state index is 13.3. The summed E-state index contributed by atoms with van der Waals surface area (Å²) in [6.45, 7) is 2.88. The molecule has 0 bridgehead atoms. The van der Waals surface area contributed by atoms with E-state index in [2.05, 4.69) is 27.6 Å². The van der Waals surface area contributed by atoms with E-state index in [1.165, 1.54) is 12.8 Å². The Balaban J connectivity index is 1.96. The molecule has 1 aromatic heterocycles. The second kappa shape index (κ2) is 4.61. The summed E-state index contributed by atoms with van der Waals surface area (Å²) < 4.78 is 13.3. The summed E-state index contributed by atoms with van der Waals surface area (Å²) in [5, 5.41) is 2.99. The van der Waals surface area contributed by atoms with E-state index in [-0.39, 0.29) is 11.8 Å². The van der Waals surface area contributed by atoms with Crippen LogP contribution in [0.2, 0.25) is 0 Å². The molecule has 0 aliphatic heterocycles. The van der Waals surface area contributed by atoms with Gasteiger partial charge in [-0.1, -0.05) is 6.92 Å². The highest BCUT2D eigenvalue weighted by Crippen LogP contribution is 2.36. The monoisotopic (exact) mass is 225 g/mol. The fourth-order valence-electron chi connectivity index (χ4n) is 1.65. The molecule has 0 aromatic carbocycles. The van der Waals surface area contributed by atoms with Crippen LogP contribution in [0.3, 0.4) is 0 Å². The molecule has 4 N–H and O–H groups in total. The average Bonchev–Trinajstić information content (AvgIpc) is 3.11. The van der Waals surface area contributed by atoms with E-state index in [1.54, 1.807) is 0 Å². The number of hydrogen-bond acceptors (Lipinski definition) is 5. The van der Waals surface area contributed by atoms with Gasteiger partial charge in [-0.2, -0.15) is 4.98 Å². The van der Waals surface area contributed by atoms with E-state index < -0.39 is 5.82 Å². The Bertz CT molecular complexity index is 366. The number of hydrogen-bond donors (Lipinski definition) is 3. The molecule has 0 amide bonds. The maximum atomic E-state index is 13.3. The zero-order valence-corrected chi connectivity index (χ0v) is 9.20. The highest BCUT2D eigenvalue weighted by atomic mass is 19.1. The van der Waals surface area contributed by atoms with Gasteiger partial charge in [0, 0.05) is 6.54 Å². The van der Waals surface area contributed by atoms with Crippen LogP contribution in [0.15, 0.2) is 6.20 Å². The second-order valence-corrected chi connectivity index (χ2v) is 4.23. The van der Waals surface area contributed by atoms with E-state index in [9.17, 15) is 4.39 Å². The van der Waals surface area contributed by atoms with Crippen LogP contribution in [0.25, 0.3) is 0 Å². The molecular formula is C10H16FN5. The van der Waals surface area contributed by atoms with Gasteiger partial charge < -0.3 is 5.32 Å². The fourth-order valence-corrected chi connectivity index (χ4v) is 1.65. The van der Waals surface area contributed by atoms with Gasteiger partial charge in [-0.3, -0.25) is 5.43 Å². The van der Waals surface area contributed by atoms with Crippen molar-refractivity contribution in [3.63, 3.8) is 0 Å². The van der Waals surface area contributed by atoms with E-state index in [4.69, 9.17) is 5.84 Å². The predicted molar refractivity (Wildman–Crippen MR) is 60.2 cm³/mol. The summed E-state index contributed by atoms with van der Waals surface area (Å²) in [6.07, 6.45) is 3.67. The first-order chi connectivity index (χ1) is 7.70. The fraction of sp³-hybridized carbons (Fsp3) is 0.600. The van der Waals surface area contributed by atoms with Crippen molar-refractivity contribution in [1.29, 1.82) is 0 Å². The van der Waals surface area contributed by atoms with Gasteiger partial charge in [0.2, 0.25) is 5.95 Å². The summed E-state index contributed by atoms with van der Waals surface area (Å²) in [6, 6.07) is 0. The van der Waals surface area contributed by atoms with Crippen LogP contribution < -0.4 is 16.6 Å². The van der Waals surface area contributed by atoms with E-state index in [0.717, 1.165) is 18.7 Å². The standard InChI is InChI=1S/C10H16FN5/c1-6(7-2-3-7)4-13-9-8(11)5-14-10(15-9)16-12/h5-7H,2-4,12H2,1H3,(H2,13,14,15,16). The minimum absolute atomic E-state index is 0.204. The lowest BCUT2D eigenvalue weighted by Gasteiger charge is -2.12. The van der Waals surface area contributed by atoms with E-state index in [1.807, 2.05) is 0 Å². The molecule has 0 saturated heterocycles. The lowest BCUT2D eigenvalue weighted by atomic mass is 10.1. The predicted octanol–water partition coefficient (Wildman–Crippen LogP) is 1.36. The number of nitrogens with one attached hydrogen (secondary N) is 2. The Hall–Kier alpha value is -1.43. The van der Waals surface area contributed by atoms with Crippen LogP contribution in [0, 0.1) is 17.7 Å². The van der Waals surface area contributed by atoms with Crippen molar-refractivity contribution < 1.29 is 4.39 Å². The number of nitrogens with two attached hydrogens (primary N) is 1. The molecule has 1 heterocycles. The van der Waals surface area contributed by atoms with Crippen molar-refractivity contribution in [2.24, 2.45) is 17.7 Å². The lowest BCUT2D eigenvalue weighted by Crippen LogP contribution is -2.17. The second-order valence-electron chi connectivity index (χ2n) is 4.23. The third-order valence-corrected chi connectivity index (χ3v) is 2.89. The van der Waals surface area contributed by atoms with Crippen molar-refractivity contribution in [2.45, 2.75) is 19.8 Å². The van der Waals surface area contributed by atoms with Gasteiger partial charge in [-0.05, 0) is 24.7 Å². The van der Waals surface area contributed by atoms with Crippen molar-refractivity contribution in [2.75, 3.05) is 17.3 Å². The molecular weight excluding hydrogens is 209 g/mol. The number of nitrogens with zero attached hydrogens (tertiary/aromatic N) is 2. The highest BCUT2D eigenvalue weighted by molar-refractivity contribution is 5.40. The first-order valence-electron chi connectivity index (χ1n) is 5.43. The zero-order chi connectivity index (χ0) is 11.5. The molecule has 0 radical (unpaired) electrons. The molecule has 5 nitrogen and oxygen atoms in total.